The van der Waals surface area contributed by atoms with Crippen LogP contribution in [0.1, 0.15) is 42.5 Å². The van der Waals surface area contributed by atoms with Crippen molar-refractivity contribution in [3.8, 4) is 0 Å². The number of hydrogen-bond donors (Lipinski definition) is 2. The molecule has 0 radical (unpaired) electrons. The topological polar surface area (TPSA) is 81.1 Å². The number of anilines is 1. The van der Waals surface area contributed by atoms with Crippen molar-refractivity contribution in [3.05, 3.63) is 11.4 Å². The van der Waals surface area contributed by atoms with Crippen molar-refractivity contribution in [3.63, 3.8) is 0 Å². The van der Waals surface area contributed by atoms with E-state index in [-0.39, 0.29) is 17.4 Å². The van der Waals surface area contributed by atoms with E-state index in [0.717, 1.165) is 6.42 Å². The average Bonchev–Trinajstić information content (AvgIpc) is 2.42. The van der Waals surface area contributed by atoms with Gasteiger partial charge in [0.1, 0.15) is 0 Å². The SMILES string of the molecule is CCC(C)n1nc(C)c(N)c1C(=O)O. The minimum absolute atomic E-state index is 0.0529. The molecule has 1 heterocycles. The Balaban J connectivity index is 3.29. The van der Waals surface area contributed by atoms with E-state index >= 15 is 0 Å². The Labute approximate surface area is 82.5 Å². The monoisotopic (exact) mass is 197 g/mol. The van der Waals surface area contributed by atoms with Gasteiger partial charge in [-0.2, -0.15) is 5.10 Å². The lowest BCUT2D eigenvalue weighted by atomic mass is 10.2. The second-order valence-corrected chi connectivity index (χ2v) is 3.35. The van der Waals surface area contributed by atoms with Gasteiger partial charge in [0.2, 0.25) is 0 Å². The maximum Gasteiger partial charge on any atom is 0.356 e. The molecule has 1 atom stereocenters. The highest BCUT2D eigenvalue weighted by molar-refractivity contribution is 5.92. The van der Waals surface area contributed by atoms with E-state index in [1.807, 2.05) is 13.8 Å². The number of aromatic nitrogens is 2. The molecule has 5 nitrogen and oxygen atoms in total. The van der Waals surface area contributed by atoms with Crippen molar-refractivity contribution in [2.75, 3.05) is 5.73 Å². The number of carboxylic acid groups (broad SMARTS) is 1. The van der Waals surface area contributed by atoms with Gasteiger partial charge in [-0.1, -0.05) is 6.92 Å². The predicted octanol–water partition coefficient (Wildman–Crippen LogP) is 1.44. The van der Waals surface area contributed by atoms with Gasteiger partial charge in [-0.25, -0.2) is 4.79 Å². The number of rotatable bonds is 3. The van der Waals surface area contributed by atoms with Gasteiger partial charge >= 0.3 is 5.97 Å². The number of carbonyl (C=O) groups is 1. The van der Waals surface area contributed by atoms with E-state index < -0.39 is 5.97 Å². The van der Waals surface area contributed by atoms with E-state index in [4.69, 9.17) is 10.8 Å². The summed E-state index contributed by atoms with van der Waals surface area (Å²) in [6.07, 6.45) is 0.820. The Morgan fingerprint density at radius 2 is 2.29 bits per heavy atom. The lowest BCUT2D eigenvalue weighted by molar-refractivity contribution is 0.0681. The van der Waals surface area contributed by atoms with Crippen LogP contribution in [0.2, 0.25) is 0 Å². The van der Waals surface area contributed by atoms with Gasteiger partial charge in [-0.05, 0) is 20.3 Å². The minimum Gasteiger partial charge on any atom is -0.476 e. The van der Waals surface area contributed by atoms with Crippen LogP contribution in [0.25, 0.3) is 0 Å². The normalized spacial score (nSPS) is 12.8. The second-order valence-electron chi connectivity index (χ2n) is 3.35. The number of nitrogen functional groups attached to an aromatic ring is 1. The van der Waals surface area contributed by atoms with Crippen LogP contribution in [0.15, 0.2) is 0 Å². The number of nitrogens with two attached hydrogens (primary N) is 1. The third-order valence-corrected chi connectivity index (χ3v) is 2.34. The van der Waals surface area contributed by atoms with Crippen LogP contribution in [0.5, 0.6) is 0 Å². The summed E-state index contributed by atoms with van der Waals surface area (Å²) in [5.41, 5.74) is 6.56. The molecule has 0 aliphatic heterocycles. The third kappa shape index (κ3) is 1.57. The molecule has 1 rings (SSSR count). The summed E-state index contributed by atoms with van der Waals surface area (Å²) in [5.74, 6) is -1.02. The summed E-state index contributed by atoms with van der Waals surface area (Å²) in [6, 6.07) is 0.0529. The van der Waals surface area contributed by atoms with E-state index in [2.05, 4.69) is 5.10 Å². The molecule has 0 aliphatic rings. The summed E-state index contributed by atoms with van der Waals surface area (Å²) >= 11 is 0. The molecular formula is C9H15N3O2. The van der Waals surface area contributed by atoms with Crippen LogP contribution in [-0.2, 0) is 0 Å². The molecule has 78 valence electrons. The Morgan fingerprint density at radius 3 is 2.71 bits per heavy atom. The van der Waals surface area contributed by atoms with Crippen LogP contribution in [0.3, 0.4) is 0 Å². The average molecular weight is 197 g/mol. The first-order valence-corrected chi connectivity index (χ1v) is 4.56. The summed E-state index contributed by atoms with van der Waals surface area (Å²) in [4.78, 5) is 10.9. The van der Waals surface area contributed by atoms with Gasteiger partial charge in [0, 0.05) is 6.04 Å². The van der Waals surface area contributed by atoms with E-state index in [9.17, 15) is 4.79 Å². The number of aromatic carboxylic acids is 1. The van der Waals surface area contributed by atoms with Gasteiger partial charge in [0.05, 0.1) is 11.4 Å². The predicted molar refractivity (Wildman–Crippen MR) is 53.3 cm³/mol. The quantitative estimate of drug-likeness (QED) is 0.768. The lowest BCUT2D eigenvalue weighted by Gasteiger charge is -2.11. The molecule has 0 amide bonds. The van der Waals surface area contributed by atoms with Crippen molar-refractivity contribution in [1.82, 2.24) is 9.78 Å². The van der Waals surface area contributed by atoms with E-state index in [1.54, 1.807) is 6.92 Å². The summed E-state index contributed by atoms with van der Waals surface area (Å²) in [5, 5.41) is 13.1. The molecule has 0 aliphatic carbocycles. The highest BCUT2D eigenvalue weighted by Crippen LogP contribution is 2.21. The van der Waals surface area contributed by atoms with Crippen LogP contribution in [-0.4, -0.2) is 20.9 Å². The molecular weight excluding hydrogens is 182 g/mol. The van der Waals surface area contributed by atoms with Crippen LogP contribution < -0.4 is 5.73 Å². The zero-order valence-electron chi connectivity index (χ0n) is 8.61. The molecule has 5 heteroatoms. The van der Waals surface area contributed by atoms with Crippen molar-refractivity contribution in [2.24, 2.45) is 0 Å². The second kappa shape index (κ2) is 3.69. The van der Waals surface area contributed by atoms with Crippen LogP contribution in [0.4, 0.5) is 5.69 Å². The first kappa shape index (κ1) is 10.6. The largest absolute Gasteiger partial charge is 0.476 e. The molecule has 0 saturated carbocycles. The number of carboxylic acids is 1. The molecule has 14 heavy (non-hydrogen) atoms. The van der Waals surface area contributed by atoms with Crippen molar-refractivity contribution in [1.29, 1.82) is 0 Å². The fourth-order valence-corrected chi connectivity index (χ4v) is 1.27. The number of nitrogens with zero attached hydrogens (tertiary/aromatic N) is 2. The maximum atomic E-state index is 10.9. The fourth-order valence-electron chi connectivity index (χ4n) is 1.27. The molecule has 0 saturated heterocycles. The van der Waals surface area contributed by atoms with Gasteiger partial charge < -0.3 is 10.8 Å². The first-order valence-electron chi connectivity index (χ1n) is 4.56. The Kier molecular flexibility index (Phi) is 2.78. The standard InChI is InChI=1S/C9H15N3O2/c1-4-5(2)12-8(9(13)14)7(10)6(3)11-12/h5H,4,10H2,1-3H3,(H,13,14). The van der Waals surface area contributed by atoms with Gasteiger partial charge in [0.15, 0.2) is 5.69 Å². The maximum absolute atomic E-state index is 10.9. The Hall–Kier alpha value is -1.52. The van der Waals surface area contributed by atoms with Crippen LogP contribution in [0, 0.1) is 6.92 Å². The zero-order valence-corrected chi connectivity index (χ0v) is 8.61. The highest BCUT2D eigenvalue weighted by Gasteiger charge is 2.21. The minimum atomic E-state index is -1.02. The van der Waals surface area contributed by atoms with Crippen molar-refractivity contribution < 1.29 is 9.90 Å². The summed E-state index contributed by atoms with van der Waals surface area (Å²) in [6.45, 7) is 5.60. The van der Waals surface area contributed by atoms with Crippen LogP contribution >= 0.6 is 0 Å². The Morgan fingerprint density at radius 1 is 1.71 bits per heavy atom. The van der Waals surface area contributed by atoms with Crippen molar-refractivity contribution in [2.45, 2.75) is 33.2 Å². The summed E-state index contributed by atoms with van der Waals surface area (Å²) in [7, 11) is 0. The lowest BCUT2D eigenvalue weighted by Crippen LogP contribution is -2.14. The fraction of sp³-hybridized carbons (Fsp3) is 0.556. The van der Waals surface area contributed by atoms with Gasteiger partial charge in [-0.15, -0.1) is 0 Å². The third-order valence-electron chi connectivity index (χ3n) is 2.34. The highest BCUT2D eigenvalue weighted by atomic mass is 16.4. The number of hydrogen-bond acceptors (Lipinski definition) is 3. The van der Waals surface area contributed by atoms with E-state index in [0.29, 0.717) is 5.69 Å². The molecule has 0 bridgehead atoms. The van der Waals surface area contributed by atoms with Gasteiger partial charge in [0.25, 0.3) is 0 Å². The molecule has 1 aromatic heterocycles. The molecule has 0 fully saturated rings. The molecule has 0 aromatic carbocycles. The smallest absolute Gasteiger partial charge is 0.356 e. The van der Waals surface area contributed by atoms with Crippen molar-refractivity contribution >= 4 is 11.7 Å². The molecule has 1 unspecified atom stereocenters. The van der Waals surface area contributed by atoms with Gasteiger partial charge in [-0.3, -0.25) is 4.68 Å². The summed E-state index contributed by atoms with van der Waals surface area (Å²) < 4.78 is 1.48. The Bertz CT molecular complexity index is 357. The van der Waals surface area contributed by atoms with E-state index in [1.165, 1.54) is 4.68 Å². The first-order chi connectivity index (χ1) is 6.49. The molecule has 0 spiro atoms. The molecule has 3 N–H and O–H groups in total. The number of aryl methyl sites for hydroxylation is 1. The molecule has 1 aromatic rings. The zero-order chi connectivity index (χ0) is 10.9.